The number of hydrogen-bond acceptors (Lipinski definition) is 4. The van der Waals surface area contributed by atoms with Gasteiger partial charge in [0.05, 0.1) is 0 Å². The molecular weight excluding hydrogens is 321 g/mol. The highest BCUT2D eigenvalue weighted by molar-refractivity contribution is 5.93. The van der Waals surface area contributed by atoms with Crippen LogP contribution in [-0.4, -0.2) is 23.7 Å². The summed E-state index contributed by atoms with van der Waals surface area (Å²) >= 11 is 0. The maximum Gasteiger partial charge on any atom is 0.273 e. The minimum Gasteiger partial charge on any atom is -0.360 e. The number of rotatable bonds is 6. The second kappa shape index (κ2) is 6.96. The van der Waals surface area contributed by atoms with Crippen molar-refractivity contribution in [1.29, 1.82) is 0 Å². The Hall–Kier alpha value is -2.21. The number of benzene rings is 1. The number of aryl methyl sites for hydroxylation is 1. The van der Waals surface area contributed by atoms with Gasteiger partial charge in [0.25, 0.3) is 5.91 Å². The van der Waals surface area contributed by atoms with Crippen LogP contribution in [0.2, 0.25) is 0 Å². The predicted molar refractivity (Wildman–Crippen MR) is 90.6 cm³/mol. The Bertz CT molecular complexity index is 770. The van der Waals surface area contributed by atoms with Gasteiger partial charge in [-0.2, -0.15) is 0 Å². The third-order valence-electron chi connectivity index (χ3n) is 5.04. The van der Waals surface area contributed by atoms with Crippen molar-refractivity contribution >= 4 is 5.91 Å². The van der Waals surface area contributed by atoms with Gasteiger partial charge in [0.15, 0.2) is 5.69 Å². The van der Waals surface area contributed by atoms with E-state index in [-0.39, 0.29) is 17.8 Å². The molecule has 0 spiro atoms. The van der Waals surface area contributed by atoms with E-state index in [2.05, 4.69) is 15.8 Å². The van der Waals surface area contributed by atoms with Crippen LogP contribution >= 0.6 is 0 Å². The lowest BCUT2D eigenvalue weighted by atomic mass is 9.91. The summed E-state index contributed by atoms with van der Waals surface area (Å²) in [6.07, 6.45) is 4.70. The SMILES string of the molecule is O=C(NCC1CC1)c1noc2c1CC(NCc1ccccc1F)CC2. The molecule has 1 atom stereocenters. The second-order valence-corrected chi connectivity index (χ2v) is 7.00. The number of amides is 1. The number of fused-ring (bicyclic) bond motifs is 1. The molecule has 1 saturated carbocycles. The average Bonchev–Trinajstić information content (AvgIpc) is 3.36. The zero-order valence-corrected chi connectivity index (χ0v) is 14.1. The van der Waals surface area contributed by atoms with E-state index in [1.807, 2.05) is 6.07 Å². The van der Waals surface area contributed by atoms with Gasteiger partial charge in [-0.05, 0) is 37.7 Å². The fourth-order valence-electron chi connectivity index (χ4n) is 3.30. The number of carbonyl (C=O) groups excluding carboxylic acids is 1. The van der Waals surface area contributed by atoms with Crippen molar-refractivity contribution in [1.82, 2.24) is 15.8 Å². The summed E-state index contributed by atoms with van der Waals surface area (Å²) in [6, 6.07) is 6.96. The van der Waals surface area contributed by atoms with Gasteiger partial charge in [-0.15, -0.1) is 0 Å². The zero-order valence-electron chi connectivity index (χ0n) is 14.1. The highest BCUT2D eigenvalue weighted by Gasteiger charge is 2.29. The third kappa shape index (κ3) is 3.74. The Morgan fingerprint density at radius 3 is 2.92 bits per heavy atom. The molecule has 2 aliphatic rings. The summed E-state index contributed by atoms with van der Waals surface area (Å²) in [6.45, 7) is 1.19. The zero-order chi connectivity index (χ0) is 17.2. The van der Waals surface area contributed by atoms with Crippen molar-refractivity contribution in [3.63, 3.8) is 0 Å². The molecule has 4 rings (SSSR count). The predicted octanol–water partition coefficient (Wildman–Crippen LogP) is 2.60. The topological polar surface area (TPSA) is 67.2 Å². The maximum absolute atomic E-state index is 13.7. The molecule has 2 aromatic rings. The normalized spacial score (nSPS) is 19.5. The Morgan fingerprint density at radius 2 is 2.12 bits per heavy atom. The largest absolute Gasteiger partial charge is 0.360 e. The molecule has 1 amide bonds. The summed E-state index contributed by atoms with van der Waals surface area (Å²) < 4.78 is 19.1. The molecule has 2 aliphatic carbocycles. The molecule has 1 fully saturated rings. The van der Waals surface area contributed by atoms with Gasteiger partial charge in [-0.25, -0.2) is 4.39 Å². The monoisotopic (exact) mass is 343 g/mol. The van der Waals surface area contributed by atoms with E-state index < -0.39 is 0 Å². The van der Waals surface area contributed by atoms with Crippen LogP contribution in [0.25, 0.3) is 0 Å². The van der Waals surface area contributed by atoms with Crippen LogP contribution in [0, 0.1) is 11.7 Å². The number of hydrogen-bond donors (Lipinski definition) is 2. The molecule has 0 aliphatic heterocycles. The number of halogens is 1. The maximum atomic E-state index is 13.7. The van der Waals surface area contributed by atoms with Crippen LogP contribution in [0.4, 0.5) is 4.39 Å². The van der Waals surface area contributed by atoms with Gasteiger partial charge >= 0.3 is 0 Å². The molecule has 6 heteroatoms. The van der Waals surface area contributed by atoms with Gasteiger partial charge in [-0.3, -0.25) is 4.79 Å². The van der Waals surface area contributed by atoms with Crippen molar-refractivity contribution in [3.05, 3.63) is 52.7 Å². The Kier molecular flexibility index (Phi) is 4.53. The number of aromatic nitrogens is 1. The van der Waals surface area contributed by atoms with Crippen LogP contribution < -0.4 is 10.6 Å². The summed E-state index contributed by atoms with van der Waals surface area (Å²) in [5, 5.41) is 10.3. The summed E-state index contributed by atoms with van der Waals surface area (Å²) in [5.41, 5.74) is 1.96. The number of carbonyl (C=O) groups is 1. The highest BCUT2D eigenvalue weighted by Crippen LogP contribution is 2.28. The number of nitrogens with one attached hydrogen (secondary N) is 2. The molecule has 0 bridgehead atoms. The number of nitrogens with zero attached hydrogens (tertiary/aromatic N) is 1. The smallest absolute Gasteiger partial charge is 0.273 e. The van der Waals surface area contributed by atoms with E-state index in [1.165, 1.54) is 18.9 Å². The molecule has 2 N–H and O–H groups in total. The van der Waals surface area contributed by atoms with Crippen LogP contribution in [0.15, 0.2) is 28.8 Å². The minimum atomic E-state index is -0.198. The first-order valence-corrected chi connectivity index (χ1v) is 8.93. The molecule has 132 valence electrons. The van der Waals surface area contributed by atoms with Crippen LogP contribution in [0.5, 0.6) is 0 Å². The van der Waals surface area contributed by atoms with E-state index in [1.54, 1.807) is 12.1 Å². The van der Waals surface area contributed by atoms with Gasteiger partial charge in [0.1, 0.15) is 11.6 Å². The van der Waals surface area contributed by atoms with E-state index in [0.717, 1.165) is 30.7 Å². The van der Waals surface area contributed by atoms with Crippen molar-refractivity contribution in [2.75, 3.05) is 6.54 Å². The molecule has 1 heterocycles. The lowest BCUT2D eigenvalue weighted by Gasteiger charge is -2.22. The molecule has 1 unspecified atom stereocenters. The van der Waals surface area contributed by atoms with E-state index in [4.69, 9.17) is 4.52 Å². The van der Waals surface area contributed by atoms with E-state index in [0.29, 0.717) is 30.1 Å². The molecular formula is C19H22FN3O2. The van der Waals surface area contributed by atoms with Crippen LogP contribution in [-0.2, 0) is 19.4 Å². The molecule has 0 radical (unpaired) electrons. The highest BCUT2D eigenvalue weighted by atomic mass is 19.1. The van der Waals surface area contributed by atoms with Crippen LogP contribution in [0.3, 0.4) is 0 Å². The molecule has 5 nitrogen and oxygen atoms in total. The lowest BCUT2D eigenvalue weighted by Crippen LogP contribution is -2.35. The Balaban J connectivity index is 1.39. The average molecular weight is 343 g/mol. The van der Waals surface area contributed by atoms with Crippen molar-refractivity contribution in [2.24, 2.45) is 5.92 Å². The van der Waals surface area contributed by atoms with E-state index >= 15 is 0 Å². The summed E-state index contributed by atoms with van der Waals surface area (Å²) in [7, 11) is 0. The van der Waals surface area contributed by atoms with Crippen molar-refractivity contribution in [3.8, 4) is 0 Å². The van der Waals surface area contributed by atoms with Gasteiger partial charge in [0, 0.05) is 36.7 Å². The van der Waals surface area contributed by atoms with Gasteiger partial charge < -0.3 is 15.2 Å². The van der Waals surface area contributed by atoms with Crippen molar-refractivity contribution in [2.45, 2.75) is 44.7 Å². The van der Waals surface area contributed by atoms with Gasteiger partial charge in [-0.1, -0.05) is 23.4 Å². The van der Waals surface area contributed by atoms with Crippen molar-refractivity contribution < 1.29 is 13.7 Å². The third-order valence-corrected chi connectivity index (χ3v) is 5.04. The molecule has 0 saturated heterocycles. The Labute approximate surface area is 146 Å². The molecule has 1 aromatic carbocycles. The fourth-order valence-corrected chi connectivity index (χ4v) is 3.30. The fraction of sp³-hybridized carbons (Fsp3) is 0.474. The Morgan fingerprint density at radius 1 is 1.28 bits per heavy atom. The van der Waals surface area contributed by atoms with Gasteiger partial charge in [0.2, 0.25) is 0 Å². The standard InChI is InChI=1S/C19H22FN3O2/c20-16-4-2-1-3-13(16)11-21-14-7-8-17-15(9-14)18(23-25-17)19(24)22-10-12-5-6-12/h1-4,12,14,21H,5-11H2,(H,22,24). The van der Waals surface area contributed by atoms with E-state index in [9.17, 15) is 9.18 Å². The first kappa shape index (κ1) is 16.3. The quantitative estimate of drug-likeness (QED) is 0.846. The van der Waals surface area contributed by atoms with Crippen LogP contribution in [0.1, 0.15) is 46.6 Å². The lowest BCUT2D eigenvalue weighted by molar-refractivity contribution is 0.0942. The summed E-state index contributed by atoms with van der Waals surface area (Å²) in [5.74, 6) is 1.09. The summed E-state index contributed by atoms with van der Waals surface area (Å²) in [4.78, 5) is 12.3. The first-order chi connectivity index (χ1) is 12.2. The molecule has 1 aromatic heterocycles. The molecule has 25 heavy (non-hydrogen) atoms. The minimum absolute atomic E-state index is 0.147. The second-order valence-electron chi connectivity index (χ2n) is 7.00. The first-order valence-electron chi connectivity index (χ1n) is 8.93.